The van der Waals surface area contributed by atoms with Crippen LogP contribution in [0.4, 0.5) is 0 Å². The van der Waals surface area contributed by atoms with E-state index in [1.165, 1.54) is 16.2 Å². The van der Waals surface area contributed by atoms with E-state index in [-0.39, 0.29) is 20.1 Å². The molecule has 2 aromatic carbocycles. The minimum Gasteiger partial charge on any atom is -0.347 e. The van der Waals surface area contributed by atoms with Gasteiger partial charge < -0.3 is 4.40 Å². The number of hydrogen-bond acceptors (Lipinski definition) is 1. The van der Waals surface area contributed by atoms with E-state index >= 15 is 0 Å². The predicted molar refractivity (Wildman–Crippen MR) is 69.0 cm³/mol. The van der Waals surface area contributed by atoms with E-state index < -0.39 is 0 Å². The van der Waals surface area contributed by atoms with E-state index in [1.54, 1.807) is 0 Å². The quantitative estimate of drug-likeness (QED) is 0.321. The summed E-state index contributed by atoms with van der Waals surface area (Å²) in [5.41, 5.74) is 0.966. The smallest absolute Gasteiger partial charge is 0.0603 e. The second-order valence-corrected chi connectivity index (χ2v) is 4.14. The van der Waals surface area contributed by atoms with Gasteiger partial charge in [-0.05, 0) is 6.20 Å². The minimum atomic E-state index is 0. The third-order valence-electron chi connectivity index (χ3n) is 3.19. The van der Waals surface area contributed by atoms with Gasteiger partial charge in [0.15, 0.2) is 0 Å². The van der Waals surface area contributed by atoms with Crippen LogP contribution in [-0.4, -0.2) is 9.38 Å². The molecule has 0 aliphatic rings. The van der Waals surface area contributed by atoms with Gasteiger partial charge in [-0.3, -0.25) is 4.98 Å². The average Bonchev–Trinajstić information content (AvgIpc) is 2.86. The summed E-state index contributed by atoms with van der Waals surface area (Å²) < 4.78 is 2.02. The maximum absolute atomic E-state index is 4.39. The topological polar surface area (TPSA) is 17.3 Å². The van der Waals surface area contributed by atoms with Crippen molar-refractivity contribution >= 4 is 27.2 Å². The molecule has 0 aliphatic carbocycles. The number of rotatable bonds is 0. The molecule has 0 fully saturated rings. The SMILES string of the molecule is [Ir].[c-]1cc2ccccc2c2ccn3ccnc3c12. The number of nitrogens with zero attached hydrogens (tertiary/aromatic N) is 2. The number of aromatic nitrogens is 2. The Hall–Kier alpha value is -1.70. The zero-order valence-corrected chi connectivity index (χ0v) is 11.8. The zero-order chi connectivity index (χ0) is 11.2. The van der Waals surface area contributed by atoms with Gasteiger partial charge >= 0.3 is 0 Å². The van der Waals surface area contributed by atoms with Crippen molar-refractivity contribution in [1.82, 2.24) is 9.38 Å². The van der Waals surface area contributed by atoms with Crippen molar-refractivity contribution < 1.29 is 20.1 Å². The Labute approximate surface area is 118 Å². The van der Waals surface area contributed by atoms with Gasteiger partial charge in [0.05, 0.1) is 5.65 Å². The molecule has 0 bridgehead atoms. The molecule has 0 saturated carbocycles. The van der Waals surface area contributed by atoms with Gasteiger partial charge in [-0.25, -0.2) is 0 Å². The fourth-order valence-electron chi connectivity index (χ4n) is 2.37. The summed E-state index contributed by atoms with van der Waals surface area (Å²) in [4.78, 5) is 4.39. The number of hydrogen-bond donors (Lipinski definition) is 0. The molecule has 89 valence electrons. The third kappa shape index (κ3) is 1.48. The Morgan fingerprint density at radius 3 is 2.83 bits per heavy atom. The van der Waals surface area contributed by atoms with Crippen molar-refractivity contribution in [2.24, 2.45) is 0 Å². The number of imidazole rings is 1. The van der Waals surface area contributed by atoms with Crippen LogP contribution in [0.25, 0.3) is 27.2 Å². The molecule has 3 heteroatoms. The van der Waals surface area contributed by atoms with Crippen molar-refractivity contribution in [3.63, 3.8) is 0 Å². The van der Waals surface area contributed by atoms with Gasteiger partial charge in [-0.15, -0.1) is 17.5 Å². The fraction of sp³-hybridized carbons (Fsp3) is 0. The monoisotopic (exact) mass is 410 g/mol. The Bertz CT molecular complexity index is 849. The maximum atomic E-state index is 4.39. The van der Waals surface area contributed by atoms with Gasteiger partial charge in [-0.2, -0.15) is 0 Å². The van der Waals surface area contributed by atoms with Crippen LogP contribution >= 0.6 is 0 Å². The molecule has 0 spiro atoms. The molecule has 18 heavy (non-hydrogen) atoms. The normalized spacial score (nSPS) is 10.9. The van der Waals surface area contributed by atoms with Gasteiger partial charge in [0.1, 0.15) is 0 Å². The van der Waals surface area contributed by atoms with Gasteiger partial charge in [0.25, 0.3) is 0 Å². The summed E-state index contributed by atoms with van der Waals surface area (Å²) in [7, 11) is 0. The molecular formula is C15H9IrN2-. The molecule has 2 nitrogen and oxygen atoms in total. The average molecular weight is 409 g/mol. The largest absolute Gasteiger partial charge is 0.347 e. The Morgan fingerprint density at radius 1 is 1.00 bits per heavy atom. The minimum absolute atomic E-state index is 0. The number of fused-ring (bicyclic) bond motifs is 5. The summed E-state index contributed by atoms with van der Waals surface area (Å²) >= 11 is 0. The molecule has 0 atom stereocenters. The molecule has 1 radical (unpaired) electrons. The zero-order valence-electron chi connectivity index (χ0n) is 9.42. The molecule has 0 N–H and O–H groups in total. The second-order valence-electron chi connectivity index (χ2n) is 4.14. The first-order chi connectivity index (χ1) is 8.43. The van der Waals surface area contributed by atoms with Gasteiger partial charge in [0.2, 0.25) is 0 Å². The number of pyridine rings is 1. The Kier molecular flexibility index (Phi) is 2.66. The van der Waals surface area contributed by atoms with Crippen molar-refractivity contribution in [3.05, 3.63) is 61.1 Å². The summed E-state index contributed by atoms with van der Waals surface area (Å²) in [5, 5.41) is 4.76. The second kappa shape index (κ2) is 4.20. The van der Waals surface area contributed by atoms with Crippen LogP contribution in [0.15, 0.2) is 55.0 Å². The summed E-state index contributed by atoms with van der Waals surface area (Å²) in [6, 6.07) is 15.9. The molecular weight excluding hydrogens is 400 g/mol. The van der Waals surface area contributed by atoms with Crippen LogP contribution in [0, 0.1) is 6.07 Å². The molecule has 4 rings (SSSR count). The van der Waals surface area contributed by atoms with Crippen molar-refractivity contribution in [2.45, 2.75) is 0 Å². The van der Waals surface area contributed by atoms with E-state index in [1.807, 2.05) is 29.1 Å². The first-order valence-corrected chi connectivity index (χ1v) is 5.58. The van der Waals surface area contributed by atoms with Crippen LogP contribution in [-0.2, 0) is 20.1 Å². The molecule has 2 aromatic heterocycles. The van der Waals surface area contributed by atoms with Crippen LogP contribution < -0.4 is 0 Å². The van der Waals surface area contributed by atoms with Crippen LogP contribution in [0.1, 0.15) is 0 Å². The molecule has 4 aromatic rings. The van der Waals surface area contributed by atoms with E-state index in [2.05, 4.69) is 41.4 Å². The van der Waals surface area contributed by atoms with E-state index in [4.69, 9.17) is 0 Å². The van der Waals surface area contributed by atoms with Crippen molar-refractivity contribution in [2.75, 3.05) is 0 Å². The van der Waals surface area contributed by atoms with Crippen molar-refractivity contribution in [3.8, 4) is 0 Å². The summed E-state index contributed by atoms with van der Waals surface area (Å²) in [5.74, 6) is 0. The summed E-state index contributed by atoms with van der Waals surface area (Å²) in [6.45, 7) is 0. The Balaban J connectivity index is 0.000001000. The third-order valence-corrected chi connectivity index (χ3v) is 3.19. The van der Waals surface area contributed by atoms with Crippen LogP contribution in [0.5, 0.6) is 0 Å². The van der Waals surface area contributed by atoms with E-state index in [0.29, 0.717) is 0 Å². The molecule has 2 heterocycles. The standard InChI is InChI=1S/C15H9N2.Ir/c1-2-4-12-11(3-1)5-6-14-13(12)7-9-17-10-8-16-15(14)17;/h1-5,7-10H;/q-1;. The number of benzene rings is 2. The van der Waals surface area contributed by atoms with Crippen LogP contribution in [0.2, 0.25) is 0 Å². The van der Waals surface area contributed by atoms with E-state index in [9.17, 15) is 0 Å². The van der Waals surface area contributed by atoms with E-state index in [0.717, 1.165) is 11.0 Å². The predicted octanol–water partition coefficient (Wildman–Crippen LogP) is 3.44. The fourth-order valence-corrected chi connectivity index (χ4v) is 2.37. The summed E-state index contributed by atoms with van der Waals surface area (Å²) in [6.07, 6.45) is 5.82. The maximum Gasteiger partial charge on any atom is 0.0603 e. The van der Waals surface area contributed by atoms with Gasteiger partial charge in [-0.1, -0.05) is 46.5 Å². The molecule has 0 aliphatic heterocycles. The Morgan fingerprint density at radius 2 is 1.89 bits per heavy atom. The first-order valence-electron chi connectivity index (χ1n) is 5.58. The molecule has 0 amide bonds. The first kappa shape index (κ1) is 11.4. The molecule has 0 unspecified atom stereocenters. The van der Waals surface area contributed by atoms with Crippen molar-refractivity contribution in [1.29, 1.82) is 0 Å². The van der Waals surface area contributed by atoms with Gasteiger partial charge in [0, 0.05) is 32.5 Å². The molecule has 0 saturated heterocycles. The van der Waals surface area contributed by atoms with Crippen LogP contribution in [0.3, 0.4) is 0 Å².